The quantitative estimate of drug-likeness (QED) is 0.743. The van der Waals surface area contributed by atoms with E-state index in [-0.39, 0.29) is 17.9 Å². The summed E-state index contributed by atoms with van der Waals surface area (Å²) in [6, 6.07) is 12.2. The van der Waals surface area contributed by atoms with Gasteiger partial charge in [-0.2, -0.15) is 0 Å². The van der Waals surface area contributed by atoms with E-state index in [0.29, 0.717) is 17.7 Å². The molecule has 5 nitrogen and oxygen atoms in total. The van der Waals surface area contributed by atoms with Gasteiger partial charge in [-0.05, 0) is 50.2 Å². The molecule has 0 saturated carbocycles. The number of rotatable bonds is 7. The summed E-state index contributed by atoms with van der Waals surface area (Å²) in [5.74, 6) is -0.196. The number of pyridine rings is 1. The van der Waals surface area contributed by atoms with Crippen LogP contribution in [0.1, 0.15) is 65.3 Å². The number of nitrogens with zero attached hydrogens (tertiary/aromatic N) is 2. The van der Waals surface area contributed by atoms with Crippen LogP contribution in [0.2, 0.25) is 0 Å². The highest BCUT2D eigenvalue weighted by Gasteiger charge is 2.26. The van der Waals surface area contributed by atoms with Gasteiger partial charge in [-0.1, -0.05) is 37.3 Å². The molecule has 1 aliphatic heterocycles. The van der Waals surface area contributed by atoms with E-state index in [1.54, 1.807) is 12.3 Å². The summed E-state index contributed by atoms with van der Waals surface area (Å²) in [7, 11) is 0. The van der Waals surface area contributed by atoms with Gasteiger partial charge in [-0.15, -0.1) is 0 Å². The average Bonchev–Trinajstić information content (AvgIpc) is 2.76. The van der Waals surface area contributed by atoms with Crippen molar-refractivity contribution in [3.8, 4) is 0 Å². The minimum Gasteiger partial charge on any atom is -0.352 e. The zero-order valence-corrected chi connectivity index (χ0v) is 16.6. The van der Waals surface area contributed by atoms with E-state index in [0.717, 1.165) is 38.6 Å². The van der Waals surface area contributed by atoms with Gasteiger partial charge in [0.25, 0.3) is 11.8 Å². The summed E-state index contributed by atoms with van der Waals surface area (Å²) >= 11 is 0. The number of aryl methyl sites for hydroxylation is 1. The van der Waals surface area contributed by atoms with Crippen LogP contribution in [0.15, 0.2) is 48.8 Å². The van der Waals surface area contributed by atoms with Crippen molar-refractivity contribution in [3.63, 3.8) is 0 Å². The minimum atomic E-state index is -0.180. The summed E-state index contributed by atoms with van der Waals surface area (Å²) in [5.41, 5.74) is 2.20. The van der Waals surface area contributed by atoms with Gasteiger partial charge in [-0.25, -0.2) is 0 Å². The first kappa shape index (κ1) is 20.1. The molecule has 0 bridgehead atoms. The number of nitrogens with one attached hydrogen (secondary N) is 1. The fourth-order valence-corrected chi connectivity index (χ4v) is 3.78. The molecule has 1 atom stereocenters. The highest BCUT2D eigenvalue weighted by molar-refractivity contribution is 5.99. The SMILES string of the molecule is CCC1CCCCN1C(=O)c1cncc(C(=O)NCCCc2ccccc2)c1. The predicted molar refractivity (Wildman–Crippen MR) is 110 cm³/mol. The number of piperidine rings is 1. The largest absolute Gasteiger partial charge is 0.352 e. The molecule has 0 radical (unpaired) electrons. The van der Waals surface area contributed by atoms with Crippen LogP contribution in [0.25, 0.3) is 0 Å². The van der Waals surface area contributed by atoms with Crippen molar-refractivity contribution in [1.82, 2.24) is 15.2 Å². The molecule has 5 heteroatoms. The number of hydrogen-bond acceptors (Lipinski definition) is 3. The van der Waals surface area contributed by atoms with Gasteiger partial charge < -0.3 is 10.2 Å². The molecular weight excluding hydrogens is 350 g/mol. The second-order valence-electron chi connectivity index (χ2n) is 7.36. The number of hydrogen-bond donors (Lipinski definition) is 1. The van der Waals surface area contributed by atoms with Crippen LogP contribution < -0.4 is 5.32 Å². The average molecular weight is 380 g/mol. The maximum atomic E-state index is 12.9. The van der Waals surface area contributed by atoms with Crippen LogP contribution in [-0.2, 0) is 6.42 Å². The van der Waals surface area contributed by atoms with Crippen molar-refractivity contribution in [2.45, 2.75) is 51.5 Å². The summed E-state index contributed by atoms with van der Waals surface area (Å²) in [5, 5.41) is 2.93. The van der Waals surface area contributed by atoms with E-state index in [9.17, 15) is 9.59 Å². The van der Waals surface area contributed by atoms with Gasteiger partial charge in [0.05, 0.1) is 11.1 Å². The van der Waals surface area contributed by atoms with Gasteiger partial charge >= 0.3 is 0 Å². The van der Waals surface area contributed by atoms with Crippen LogP contribution in [0.4, 0.5) is 0 Å². The molecule has 1 saturated heterocycles. The molecule has 3 rings (SSSR count). The summed E-state index contributed by atoms with van der Waals surface area (Å²) < 4.78 is 0. The lowest BCUT2D eigenvalue weighted by Crippen LogP contribution is -2.43. The van der Waals surface area contributed by atoms with Crippen LogP contribution >= 0.6 is 0 Å². The Kier molecular flexibility index (Phi) is 7.18. The standard InChI is InChI=1S/C23H29N3O2/c1-2-21-12-6-7-14-26(21)23(28)20-15-19(16-24-17-20)22(27)25-13-8-11-18-9-4-3-5-10-18/h3-5,9-10,15-17,21H,2,6-8,11-14H2,1H3,(H,25,27). The lowest BCUT2D eigenvalue weighted by atomic mass is 9.99. The van der Waals surface area contributed by atoms with Gasteiger partial charge in [0.2, 0.25) is 0 Å². The highest BCUT2D eigenvalue weighted by atomic mass is 16.2. The van der Waals surface area contributed by atoms with Crippen molar-refractivity contribution in [2.75, 3.05) is 13.1 Å². The van der Waals surface area contributed by atoms with Gasteiger partial charge in [0.15, 0.2) is 0 Å². The van der Waals surface area contributed by atoms with Crippen LogP contribution in [0.5, 0.6) is 0 Å². The summed E-state index contributed by atoms with van der Waals surface area (Å²) in [6.45, 7) is 3.50. The Balaban J connectivity index is 1.56. The molecule has 2 aromatic rings. The third-order valence-electron chi connectivity index (χ3n) is 5.38. The molecule has 2 heterocycles. The molecule has 2 amide bonds. The Morgan fingerprint density at radius 1 is 1.14 bits per heavy atom. The third kappa shape index (κ3) is 5.18. The van der Waals surface area contributed by atoms with E-state index < -0.39 is 0 Å². The third-order valence-corrected chi connectivity index (χ3v) is 5.38. The Bertz CT molecular complexity index is 791. The van der Waals surface area contributed by atoms with E-state index >= 15 is 0 Å². The maximum absolute atomic E-state index is 12.9. The van der Waals surface area contributed by atoms with Gasteiger partial charge in [0, 0.05) is 31.5 Å². The van der Waals surface area contributed by atoms with Crippen LogP contribution in [0.3, 0.4) is 0 Å². The summed E-state index contributed by atoms with van der Waals surface area (Å²) in [4.78, 5) is 31.5. The minimum absolute atomic E-state index is 0.0159. The fraction of sp³-hybridized carbons (Fsp3) is 0.435. The number of amides is 2. The Hall–Kier alpha value is -2.69. The molecule has 0 spiro atoms. The highest BCUT2D eigenvalue weighted by Crippen LogP contribution is 2.21. The van der Waals surface area contributed by atoms with Gasteiger partial charge in [0.1, 0.15) is 0 Å². The van der Waals surface area contributed by atoms with Gasteiger partial charge in [-0.3, -0.25) is 14.6 Å². The molecule has 1 aromatic heterocycles. The monoisotopic (exact) mass is 379 g/mol. The van der Waals surface area contributed by atoms with E-state index in [1.165, 1.54) is 18.2 Å². The van der Waals surface area contributed by atoms with Crippen molar-refractivity contribution in [1.29, 1.82) is 0 Å². The first-order valence-corrected chi connectivity index (χ1v) is 10.3. The topological polar surface area (TPSA) is 62.3 Å². The molecule has 1 fully saturated rings. The number of carbonyl (C=O) groups excluding carboxylic acids is 2. The zero-order chi connectivity index (χ0) is 19.8. The number of likely N-dealkylation sites (tertiary alicyclic amines) is 1. The van der Waals surface area contributed by atoms with Crippen molar-refractivity contribution in [3.05, 3.63) is 65.5 Å². The number of benzene rings is 1. The molecule has 1 aromatic carbocycles. The van der Waals surface area contributed by atoms with E-state index in [4.69, 9.17) is 0 Å². The predicted octanol–water partition coefficient (Wildman–Crippen LogP) is 3.85. The second-order valence-corrected chi connectivity index (χ2v) is 7.36. The van der Waals surface area contributed by atoms with Crippen molar-refractivity contribution >= 4 is 11.8 Å². The Morgan fingerprint density at radius 3 is 2.71 bits per heavy atom. The van der Waals surface area contributed by atoms with Crippen LogP contribution in [-0.4, -0.2) is 40.8 Å². The number of carbonyl (C=O) groups is 2. The lowest BCUT2D eigenvalue weighted by Gasteiger charge is -2.35. The molecule has 1 unspecified atom stereocenters. The Labute approximate surface area is 167 Å². The Morgan fingerprint density at radius 2 is 1.93 bits per heavy atom. The smallest absolute Gasteiger partial charge is 0.255 e. The molecule has 1 N–H and O–H groups in total. The normalized spacial score (nSPS) is 16.6. The van der Waals surface area contributed by atoms with Crippen molar-refractivity contribution < 1.29 is 9.59 Å². The molecular formula is C23H29N3O2. The molecule has 0 aliphatic carbocycles. The zero-order valence-electron chi connectivity index (χ0n) is 16.6. The van der Waals surface area contributed by atoms with Crippen LogP contribution in [0, 0.1) is 0 Å². The maximum Gasteiger partial charge on any atom is 0.255 e. The molecule has 1 aliphatic rings. The summed E-state index contributed by atoms with van der Waals surface area (Å²) in [6.07, 6.45) is 9.10. The first-order valence-electron chi connectivity index (χ1n) is 10.3. The lowest BCUT2D eigenvalue weighted by molar-refractivity contribution is 0.0607. The van der Waals surface area contributed by atoms with Crippen molar-refractivity contribution in [2.24, 2.45) is 0 Å². The molecule has 148 valence electrons. The van der Waals surface area contributed by atoms with E-state index in [2.05, 4.69) is 29.4 Å². The first-order chi connectivity index (χ1) is 13.7. The number of aromatic nitrogens is 1. The second kappa shape index (κ2) is 10.0. The molecule has 28 heavy (non-hydrogen) atoms. The van der Waals surface area contributed by atoms with E-state index in [1.807, 2.05) is 23.1 Å². The fourth-order valence-electron chi connectivity index (χ4n) is 3.78.